The second-order valence-corrected chi connectivity index (χ2v) is 5.17. The van der Waals surface area contributed by atoms with E-state index in [0.29, 0.717) is 23.8 Å². The molecule has 1 aromatic rings. The van der Waals surface area contributed by atoms with Crippen LogP contribution >= 0.6 is 0 Å². The molecule has 0 radical (unpaired) electrons. The van der Waals surface area contributed by atoms with Crippen molar-refractivity contribution in [1.29, 1.82) is 0 Å². The van der Waals surface area contributed by atoms with E-state index in [1.807, 2.05) is 0 Å². The molecule has 1 unspecified atom stereocenters. The maximum atomic E-state index is 12.0. The fourth-order valence-corrected chi connectivity index (χ4v) is 2.04. The molecule has 0 aromatic heterocycles. The highest BCUT2D eigenvalue weighted by Crippen LogP contribution is 2.16. The number of carbonyl (C=O) groups excluding carboxylic acids is 1. The summed E-state index contributed by atoms with van der Waals surface area (Å²) >= 11 is 0. The Balaban J connectivity index is 2.53. The first-order valence-corrected chi connectivity index (χ1v) is 7.46. The Morgan fingerprint density at radius 1 is 1.29 bits per heavy atom. The molecular weight excluding hydrogens is 268 g/mol. The molecule has 0 bridgehead atoms. The summed E-state index contributed by atoms with van der Waals surface area (Å²) in [7, 11) is 1.56. The third-order valence-corrected chi connectivity index (χ3v) is 3.59. The lowest BCUT2D eigenvalue weighted by atomic mass is 10.0. The van der Waals surface area contributed by atoms with Crippen LogP contribution in [0.15, 0.2) is 29.6 Å². The Kier molecular flexibility index (Phi) is 7.43. The molecule has 0 aliphatic rings. The fourth-order valence-electron chi connectivity index (χ4n) is 2.04. The standard InChI is InChI=1S/C16H24N2O3/c1-4-6-7-13(5-2)12-21-16(19)14-8-10-15(11-9-14)18(3)17-20/h8-11,13H,4-7,12H2,1-3H3. The van der Waals surface area contributed by atoms with E-state index in [-0.39, 0.29) is 5.97 Å². The van der Waals surface area contributed by atoms with Crippen molar-refractivity contribution in [2.45, 2.75) is 39.5 Å². The Hall–Kier alpha value is -1.91. The second-order valence-electron chi connectivity index (χ2n) is 5.17. The molecule has 116 valence electrons. The summed E-state index contributed by atoms with van der Waals surface area (Å²) < 4.78 is 5.37. The van der Waals surface area contributed by atoms with Crippen LogP contribution in [0.25, 0.3) is 0 Å². The lowest BCUT2D eigenvalue weighted by Gasteiger charge is -2.15. The van der Waals surface area contributed by atoms with Gasteiger partial charge in [-0.1, -0.05) is 33.1 Å². The number of anilines is 1. The van der Waals surface area contributed by atoms with Crippen molar-refractivity contribution in [3.63, 3.8) is 0 Å². The first-order chi connectivity index (χ1) is 10.1. The summed E-state index contributed by atoms with van der Waals surface area (Å²) in [5.74, 6) is 0.108. The van der Waals surface area contributed by atoms with Gasteiger partial charge in [0.25, 0.3) is 0 Å². The summed E-state index contributed by atoms with van der Waals surface area (Å²) in [4.78, 5) is 22.4. The van der Waals surface area contributed by atoms with Crippen molar-refractivity contribution >= 4 is 11.7 Å². The molecule has 0 saturated heterocycles. The average Bonchev–Trinajstić information content (AvgIpc) is 2.54. The predicted octanol–water partition coefficient (Wildman–Crippen LogP) is 4.18. The Labute approximate surface area is 126 Å². The van der Waals surface area contributed by atoms with Gasteiger partial charge in [0.1, 0.15) is 0 Å². The smallest absolute Gasteiger partial charge is 0.338 e. The van der Waals surface area contributed by atoms with Gasteiger partial charge in [0, 0.05) is 7.05 Å². The molecule has 1 aromatic carbocycles. The number of hydrogen-bond donors (Lipinski definition) is 0. The molecule has 0 saturated carbocycles. The summed E-state index contributed by atoms with van der Waals surface area (Å²) in [5.41, 5.74) is 1.12. The zero-order valence-electron chi connectivity index (χ0n) is 13.0. The molecule has 0 heterocycles. The maximum absolute atomic E-state index is 12.0. The van der Waals surface area contributed by atoms with Crippen LogP contribution in [0.4, 0.5) is 5.69 Å². The number of benzene rings is 1. The summed E-state index contributed by atoms with van der Waals surface area (Å²) in [6.07, 6.45) is 4.43. The zero-order valence-corrected chi connectivity index (χ0v) is 13.0. The lowest BCUT2D eigenvalue weighted by molar-refractivity contribution is 0.0428. The predicted molar refractivity (Wildman–Crippen MR) is 84.2 cm³/mol. The molecular formula is C16H24N2O3. The van der Waals surface area contributed by atoms with Crippen LogP contribution in [-0.4, -0.2) is 19.6 Å². The van der Waals surface area contributed by atoms with Gasteiger partial charge in [0.05, 0.1) is 23.1 Å². The number of nitrogens with zero attached hydrogens (tertiary/aromatic N) is 2. The van der Waals surface area contributed by atoms with E-state index in [2.05, 4.69) is 19.1 Å². The van der Waals surface area contributed by atoms with E-state index in [9.17, 15) is 9.70 Å². The van der Waals surface area contributed by atoms with Crippen LogP contribution in [-0.2, 0) is 4.74 Å². The molecule has 5 heteroatoms. The second kappa shape index (κ2) is 9.10. The average molecular weight is 292 g/mol. The summed E-state index contributed by atoms with van der Waals surface area (Å²) in [6, 6.07) is 6.64. The van der Waals surface area contributed by atoms with E-state index in [1.54, 1.807) is 31.3 Å². The lowest BCUT2D eigenvalue weighted by Crippen LogP contribution is -2.14. The molecule has 0 aliphatic carbocycles. The number of unbranched alkanes of at least 4 members (excludes halogenated alkanes) is 1. The molecule has 21 heavy (non-hydrogen) atoms. The Bertz CT molecular complexity index is 445. The van der Waals surface area contributed by atoms with E-state index < -0.39 is 0 Å². The van der Waals surface area contributed by atoms with Crippen LogP contribution in [0, 0.1) is 10.8 Å². The Morgan fingerprint density at radius 3 is 2.48 bits per heavy atom. The van der Waals surface area contributed by atoms with Gasteiger partial charge in [-0.05, 0) is 36.6 Å². The van der Waals surface area contributed by atoms with Gasteiger partial charge in [-0.15, -0.1) is 4.91 Å². The first-order valence-electron chi connectivity index (χ1n) is 7.46. The SMILES string of the molecule is CCCCC(CC)COC(=O)c1ccc(N(C)N=O)cc1. The molecule has 5 nitrogen and oxygen atoms in total. The highest BCUT2D eigenvalue weighted by atomic mass is 16.5. The first kappa shape index (κ1) is 17.1. The fraction of sp³-hybridized carbons (Fsp3) is 0.562. The van der Waals surface area contributed by atoms with Crippen molar-refractivity contribution in [2.75, 3.05) is 18.7 Å². The number of rotatable bonds is 9. The zero-order chi connectivity index (χ0) is 15.7. The quantitative estimate of drug-likeness (QED) is 0.389. The topological polar surface area (TPSA) is 59.0 Å². The van der Waals surface area contributed by atoms with Crippen LogP contribution < -0.4 is 5.01 Å². The minimum atomic E-state index is -0.321. The number of carbonyl (C=O) groups is 1. The Morgan fingerprint density at radius 2 is 1.95 bits per heavy atom. The van der Waals surface area contributed by atoms with Gasteiger partial charge in [-0.3, -0.25) is 0 Å². The normalized spacial score (nSPS) is 11.8. The van der Waals surface area contributed by atoms with Crippen LogP contribution in [0.3, 0.4) is 0 Å². The van der Waals surface area contributed by atoms with E-state index in [0.717, 1.165) is 25.7 Å². The highest BCUT2D eigenvalue weighted by molar-refractivity contribution is 5.89. The minimum absolute atomic E-state index is 0.321. The van der Waals surface area contributed by atoms with E-state index >= 15 is 0 Å². The van der Waals surface area contributed by atoms with Crippen molar-refractivity contribution < 1.29 is 9.53 Å². The van der Waals surface area contributed by atoms with E-state index in [4.69, 9.17) is 4.74 Å². The van der Waals surface area contributed by atoms with Crippen molar-refractivity contribution in [3.05, 3.63) is 34.7 Å². The monoisotopic (exact) mass is 292 g/mol. The van der Waals surface area contributed by atoms with Crippen LogP contribution in [0.1, 0.15) is 49.9 Å². The molecule has 0 N–H and O–H groups in total. The van der Waals surface area contributed by atoms with Gasteiger partial charge in [0.2, 0.25) is 0 Å². The third-order valence-electron chi connectivity index (χ3n) is 3.59. The number of esters is 1. The minimum Gasteiger partial charge on any atom is -0.462 e. The van der Waals surface area contributed by atoms with E-state index in [1.165, 1.54) is 5.01 Å². The van der Waals surface area contributed by atoms with Gasteiger partial charge in [-0.25, -0.2) is 9.80 Å². The van der Waals surface area contributed by atoms with Gasteiger partial charge in [-0.2, -0.15) is 0 Å². The molecule has 0 spiro atoms. The summed E-state index contributed by atoms with van der Waals surface area (Å²) in [5, 5.41) is 4.00. The number of ether oxygens (including phenoxy) is 1. The molecule has 0 fully saturated rings. The number of nitroso groups, excluding NO2 is 1. The van der Waals surface area contributed by atoms with Gasteiger partial charge < -0.3 is 4.74 Å². The molecule has 1 rings (SSSR count). The summed E-state index contributed by atoms with van der Waals surface area (Å²) in [6.45, 7) is 4.74. The van der Waals surface area contributed by atoms with Crippen LogP contribution in [0.2, 0.25) is 0 Å². The van der Waals surface area contributed by atoms with Gasteiger partial charge in [0.15, 0.2) is 0 Å². The van der Waals surface area contributed by atoms with Crippen LogP contribution in [0.5, 0.6) is 0 Å². The van der Waals surface area contributed by atoms with Crippen molar-refractivity contribution in [1.82, 2.24) is 0 Å². The molecule has 0 aliphatic heterocycles. The largest absolute Gasteiger partial charge is 0.462 e. The van der Waals surface area contributed by atoms with Crippen molar-refractivity contribution in [3.8, 4) is 0 Å². The molecule has 1 atom stereocenters. The van der Waals surface area contributed by atoms with Gasteiger partial charge >= 0.3 is 5.97 Å². The maximum Gasteiger partial charge on any atom is 0.338 e. The third kappa shape index (κ3) is 5.53. The highest BCUT2D eigenvalue weighted by Gasteiger charge is 2.12. The molecule has 0 amide bonds. The number of hydrogen-bond acceptors (Lipinski definition) is 4. The van der Waals surface area contributed by atoms with Crippen molar-refractivity contribution in [2.24, 2.45) is 11.2 Å².